The molecule has 0 bridgehead atoms. The summed E-state index contributed by atoms with van der Waals surface area (Å²) in [7, 11) is -3.86. The van der Waals surface area contributed by atoms with Gasteiger partial charge in [-0.15, -0.1) is 11.3 Å². The van der Waals surface area contributed by atoms with E-state index in [0.29, 0.717) is 32.4 Å². The lowest BCUT2D eigenvalue weighted by atomic mass is 9.92. The number of aromatic nitrogens is 3. The first-order valence-corrected chi connectivity index (χ1v) is 15.2. The van der Waals surface area contributed by atoms with Gasteiger partial charge in [-0.1, -0.05) is 35.9 Å². The topological polar surface area (TPSA) is 127 Å². The molecule has 1 saturated heterocycles. The van der Waals surface area contributed by atoms with Crippen LogP contribution in [0, 0.1) is 5.82 Å². The van der Waals surface area contributed by atoms with Crippen molar-refractivity contribution in [3.8, 4) is 0 Å². The van der Waals surface area contributed by atoms with Gasteiger partial charge < -0.3 is 4.90 Å². The summed E-state index contributed by atoms with van der Waals surface area (Å²) >= 11 is 7.82. The van der Waals surface area contributed by atoms with Crippen molar-refractivity contribution in [2.24, 2.45) is 4.99 Å². The molecule has 1 N–H and O–H groups in total. The van der Waals surface area contributed by atoms with Crippen LogP contribution in [0.3, 0.4) is 0 Å². The number of rotatable bonds is 7. The first kappa shape index (κ1) is 30.3. The van der Waals surface area contributed by atoms with E-state index < -0.39 is 34.5 Å². The van der Waals surface area contributed by atoms with E-state index in [1.54, 1.807) is 29.8 Å². The number of hydrogen-bond donors (Lipinski definition) is 1. The number of nitrogens with zero attached hydrogens (tertiary/aromatic N) is 5. The summed E-state index contributed by atoms with van der Waals surface area (Å²) in [6.07, 6.45) is 3.24. The summed E-state index contributed by atoms with van der Waals surface area (Å²) in [6, 6.07) is 11.9. The Morgan fingerprint density at radius 3 is 2.49 bits per heavy atom. The molecule has 43 heavy (non-hydrogen) atoms. The van der Waals surface area contributed by atoms with Gasteiger partial charge in [-0.05, 0) is 30.3 Å². The lowest BCUT2D eigenvalue weighted by molar-refractivity contribution is -0.191. The van der Waals surface area contributed by atoms with E-state index in [2.05, 4.69) is 14.8 Å². The summed E-state index contributed by atoms with van der Waals surface area (Å²) in [5, 5.41) is 6.56. The van der Waals surface area contributed by atoms with Crippen LogP contribution in [-0.4, -0.2) is 52.7 Å². The third-order valence-electron chi connectivity index (χ3n) is 6.60. The van der Waals surface area contributed by atoms with Gasteiger partial charge in [0, 0.05) is 58.6 Å². The number of benzene rings is 2. The molecular weight excluding hydrogens is 629 g/mol. The quantitative estimate of drug-likeness (QED) is 0.302. The molecule has 1 fully saturated rings. The molecule has 0 spiro atoms. The minimum Gasteiger partial charge on any atom is -0.326 e. The SMILES string of the molecule is O=C=O.O=S(=O)(N[C@H]1CC2=C(c3ccn(C(F)F)n3)[C@H](c3ccc(F)cc3Cl)N=C(c3nccs3)N2C1)c1ccccc1. The summed E-state index contributed by atoms with van der Waals surface area (Å²) in [4.78, 5) is 27.6. The minimum absolute atomic E-state index is 0.103. The van der Waals surface area contributed by atoms with E-state index in [1.165, 1.54) is 41.7 Å². The van der Waals surface area contributed by atoms with E-state index in [-0.39, 0.29) is 34.7 Å². The average molecular weight is 649 g/mol. The van der Waals surface area contributed by atoms with Gasteiger partial charge in [0.15, 0.2) is 10.8 Å². The van der Waals surface area contributed by atoms with Gasteiger partial charge in [-0.25, -0.2) is 27.2 Å². The molecule has 0 unspecified atom stereocenters. The average Bonchev–Trinajstić information content (AvgIpc) is 3.74. The number of thiazole rings is 1. The number of sulfonamides is 1. The Labute approximate surface area is 252 Å². The van der Waals surface area contributed by atoms with Crippen molar-refractivity contribution in [3.05, 3.63) is 105 Å². The van der Waals surface area contributed by atoms with Crippen LogP contribution in [0.1, 0.15) is 35.3 Å². The van der Waals surface area contributed by atoms with Crippen molar-refractivity contribution in [2.75, 3.05) is 6.54 Å². The number of halogens is 4. The second-order valence-corrected chi connectivity index (χ2v) is 12.2. The predicted octanol–water partition coefficient (Wildman–Crippen LogP) is 4.91. The molecule has 2 aliphatic rings. The van der Waals surface area contributed by atoms with Crippen molar-refractivity contribution in [2.45, 2.75) is 29.9 Å². The molecule has 10 nitrogen and oxygen atoms in total. The van der Waals surface area contributed by atoms with E-state index in [1.807, 2.05) is 4.90 Å². The van der Waals surface area contributed by atoms with E-state index in [9.17, 15) is 21.6 Å². The van der Waals surface area contributed by atoms with Gasteiger partial charge in [0.05, 0.1) is 10.6 Å². The molecule has 6 rings (SSSR count). The molecule has 2 aliphatic heterocycles. The first-order valence-electron chi connectivity index (χ1n) is 12.5. The molecule has 2 atom stereocenters. The van der Waals surface area contributed by atoms with Crippen LogP contribution in [0.25, 0.3) is 5.57 Å². The molecule has 16 heteroatoms. The van der Waals surface area contributed by atoms with Crippen molar-refractivity contribution in [1.29, 1.82) is 0 Å². The number of hydrogen-bond acceptors (Lipinski definition) is 9. The zero-order valence-electron chi connectivity index (χ0n) is 21.8. The normalized spacial score (nSPS) is 18.2. The Morgan fingerprint density at radius 1 is 1.12 bits per heavy atom. The Balaban J connectivity index is 0.00000118. The summed E-state index contributed by atoms with van der Waals surface area (Å²) < 4.78 is 70.6. The fourth-order valence-electron chi connectivity index (χ4n) is 4.92. The van der Waals surface area contributed by atoms with Crippen molar-refractivity contribution in [3.63, 3.8) is 0 Å². The highest BCUT2D eigenvalue weighted by atomic mass is 35.5. The van der Waals surface area contributed by atoms with Crippen molar-refractivity contribution >= 4 is 50.5 Å². The molecule has 222 valence electrons. The molecule has 0 aliphatic carbocycles. The number of alkyl halides is 2. The van der Waals surface area contributed by atoms with Gasteiger partial charge >= 0.3 is 12.7 Å². The Morgan fingerprint density at radius 2 is 1.86 bits per heavy atom. The van der Waals surface area contributed by atoms with E-state index >= 15 is 0 Å². The number of nitrogens with one attached hydrogen (secondary N) is 1. The van der Waals surface area contributed by atoms with E-state index in [4.69, 9.17) is 26.2 Å². The van der Waals surface area contributed by atoms with Crippen LogP contribution < -0.4 is 4.72 Å². The fourth-order valence-corrected chi connectivity index (χ4v) is 7.08. The molecule has 0 radical (unpaired) electrons. The van der Waals surface area contributed by atoms with Gasteiger partial charge in [0.2, 0.25) is 10.0 Å². The maximum Gasteiger partial charge on any atom is 0.373 e. The predicted molar refractivity (Wildman–Crippen MR) is 150 cm³/mol. The van der Waals surface area contributed by atoms with Gasteiger partial charge in [-0.2, -0.15) is 23.5 Å². The maximum absolute atomic E-state index is 14.0. The minimum atomic E-state index is -3.86. The molecule has 0 saturated carbocycles. The fraction of sp³-hybridized carbons (Fsp3) is 0.185. The van der Waals surface area contributed by atoms with Gasteiger partial charge in [0.25, 0.3) is 0 Å². The Bertz CT molecular complexity index is 1830. The van der Waals surface area contributed by atoms with Gasteiger partial charge in [0.1, 0.15) is 11.9 Å². The molecule has 4 heterocycles. The van der Waals surface area contributed by atoms with Gasteiger partial charge in [-0.3, -0.25) is 4.99 Å². The smallest absolute Gasteiger partial charge is 0.326 e. The van der Waals surface area contributed by atoms with Crippen molar-refractivity contribution in [1.82, 2.24) is 24.4 Å². The van der Waals surface area contributed by atoms with Crippen LogP contribution in [0.5, 0.6) is 0 Å². The highest BCUT2D eigenvalue weighted by Gasteiger charge is 2.42. The zero-order chi connectivity index (χ0) is 30.7. The first-order chi connectivity index (χ1) is 20.6. The maximum atomic E-state index is 14.0. The van der Waals surface area contributed by atoms with Crippen LogP contribution in [0.15, 0.2) is 88.0 Å². The number of carbonyl (C=O) groups excluding carboxylic acids is 2. The monoisotopic (exact) mass is 648 g/mol. The third-order valence-corrected chi connectivity index (χ3v) is 9.23. The lowest BCUT2D eigenvalue weighted by Crippen LogP contribution is -2.39. The molecule has 0 amide bonds. The second kappa shape index (κ2) is 12.6. The number of fused-ring (bicyclic) bond motifs is 1. The summed E-state index contributed by atoms with van der Waals surface area (Å²) in [6.45, 7) is -2.65. The Kier molecular flexibility index (Phi) is 8.89. The van der Waals surface area contributed by atoms with Crippen molar-refractivity contribution < 1.29 is 31.2 Å². The highest BCUT2D eigenvalue weighted by Crippen LogP contribution is 2.46. The van der Waals surface area contributed by atoms with Crippen LogP contribution >= 0.6 is 22.9 Å². The summed E-state index contributed by atoms with van der Waals surface area (Å²) in [5.74, 6) is -0.0726. The Hall–Kier alpha value is -4.14. The highest BCUT2D eigenvalue weighted by molar-refractivity contribution is 7.89. The lowest BCUT2D eigenvalue weighted by Gasteiger charge is -2.32. The second-order valence-electron chi connectivity index (χ2n) is 9.21. The van der Waals surface area contributed by atoms with Crippen LogP contribution in [0.2, 0.25) is 5.02 Å². The molecular formula is C27H20ClF3N6O4S2. The standard InChI is InChI=1S/C26H20ClF3N6O2S2.CO2/c27-19-12-15(28)6-7-18(19)23-22(20-8-10-36(33-20)26(29)30)21-13-16(34-40(37,38)17-4-2-1-3-5-17)14-35(21)24(32-23)25-31-9-11-39-25;2-1-3/h1-12,16,23,26,34H,13-14H2;/t16-,23-;/m0./s1. The third kappa shape index (κ3) is 6.31. The molecule has 2 aromatic carbocycles. The molecule has 4 aromatic rings. The van der Waals surface area contributed by atoms with E-state index in [0.717, 1.165) is 12.3 Å². The number of amidine groups is 1. The van der Waals surface area contributed by atoms with Crippen LogP contribution in [-0.2, 0) is 19.6 Å². The summed E-state index contributed by atoms with van der Waals surface area (Å²) in [5.41, 5.74) is 1.76. The molecule has 2 aromatic heterocycles. The zero-order valence-corrected chi connectivity index (χ0v) is 24.2. The largest absolute Gasteiger partial charge is 0.373 e. The number of aliphatic imine (C=N–C) groups is 1. The van der Waals surface area contributed by atoms with Crippen LogP contribution in [0.4, 0.5) is 13.2 Å².